The van der Waals surface area contributed by atoms with Crippen LogP contribution in [0.3, 0.4) is 0 Å². The van der Waals surface area contributed by atoms with Crippen molar-refractivity contribution in [3.63, 3.8) is 0 Å². The molecule has 0 N–H and O–H groups in total. The first kappa shape index (κ1) is 14.1. The SMILES string of the molecule is O=C(c1ccc(F)cc1)c1cn2ncnc2nc1C(F)(F)F. The van der Waals surface area contributed by atoms with Gasteiger partial charge in [-0.1, -0.05) is 0 Å². The maximum Gasteiger partial charge on any atom is 0.434 e. The molecule has 1 aromatic carbocycles. The van der Waals surface area contributed by atoms with Crippen molar-refractivity contribution in [3.05, 3.63) is 59.4 Å². The number of hydrogen-bond donors (Lipinski definition) is 0. The van der Waals surface area contributed by atoms with E-state index in [0.29, 0.717) is 0 Å². The molecule has 3 rings (SSSR count). The lowest BCUT2D eigenvalue weighted by atomic mass is 10.0. The molecule has 0 spiro atoms. The number of halogens is 4. The number of carbonyl (C=O) groups is 1. The summed E-state index contributed by atoms with van der Waals surface area (Å²) >= 11 is 0. The second-order valence-electron chi connectivity index (χ2n) is 4.34. The lowest BCUT2D eigenvalue weighted by Gasteiger charge is -2.11. The van der Waals surface area contributed by atoms with Crippen LogP contribution in [0.2, 0.25) is 0 Å². The molecule has 0 radical (unpaired) electrons. The Morgan fingerprint density at radius 2 is 1.82 bits per heavy atom. The zero-order valence-electron chi connectivity index (χ0n) is 10.7. The molecule has 0 fully saturated rings. The first-order chi connectivity index (χ1) is 10.4. The summed E-state index contributed by atoms with van der Waals surface area (Å²) in [5.74, 6) is -1.81. The molecule has 3 aromatic rings. The highest BCUT2D eigenvalue weighted by molar-refractivity contribution is 6.09. The van der Waals surface area contributed by atoms with Crippen molar-refractivity contribution in [1.82, 2.24) is 19.6 Å². The third-order valence-corrected chi connectivity index (χ3v) is 2.89. The molecule has 22 heavy (non-hydrogen) atoms. The van der Waals surface area contributed by atoms with E-state index in [-0.39, 0.29) is 11.3 Å². The van der Waals surface area contributed by atoms with Gasteiger partial charge < -0.3 is 0 Å². The maximum absolute atomic E-state index is 13.1. The molecule has 9 heteroatoms. The Morgan fingerprint density at radius 3 is 2.45 bits per heavy atom. The third kappa shape index (κ3) is 2.41. The maximum atomic E-state index is 13.1. The van der Waals surface area contributed by atoms with Crippen LogP contribution in [0.25, 0.3) is 5.78 Å². The van der Waals surface area contributed by atoms with Gasteiger partial charge >= 0.3 is 6.18 Å². The van der Waals surface area contributed by atoms with Crippen molar-refractivity contribution in [2.45, 2.75) is 6.18 Å². The molecule has 0 bridgehead atoms. The molecule has 2 aromatic heterocycles. The minimum absolute atomic E-state index is 0.0897. The largest absolute Gasteiger partial charge is 0.434 e. The second kappa shape index (κ2) is 4.86. The predicted molar refractivity (Wildman–Crippen MR) is 65.6 cm³/mol. The number of carbonyl (C=O) groups excluding carboxylic acids is 1. The molecule has 0 saturated carbocycles. The summed E-state index contributed by atoms with van der Waals surface area (Å²) in [5.41, 5.74) is -2.13. The van der Waals surface area contributed by atoms with Crippen LogP contribution >= 0.6 is 0 Å². The molecule has 0 aliphatic carbocycles. The summed E-state index contributed by atoms with van der Waals surface area (Å²) in [7, 11) is 0. The first-order valence-electron chi connectivity index (χ1n) is 5.94. The van der Waals surface area contributed by atoms with Crippen LogP contribution in [0.15, 0.2) is 36.8 Å². The smallest absolute Gasteiger partial charge is 0.288 e. The standard InChI is InChI=1S/C13H6F4N4O/c14-8-3-1-7(2-4-8)10(22)9-5-21-12(18-6-19-21)20-11(9)13(15,16)17/h1-6H. The minimum Gasteiger partial charge on any atom is -0.288 e. The molecule has 5 nitrogen and oxygen atoms in total. The summed E-state index contributed by atoms with van der Waals surface area (Å²) in [6, 6.07) is 4.18. The van der Waals surface area contributed by atoms with Gasteiger partial charge in [0, 0.05) is 11.8 Å². The quantitative estimate of drug-likeness (QED) is 0.539. The van der Waals surface area contributed by atoms with Crippen LogP contribution in [-0.2, 0) is 6.18 Å². The average Bonchev–Trinajstić information content (AvgIpc) is 2.92. The Morgan fingerprint density at radius 1 is 1.14 bits per heavy atom. The summed E-state index contributed by atoms with van der Waals surface area (Å²) in [6.07, 6.45) is -2.91. The zero-order chi connectivity index (χ0) is 15.9. The number of benzene rings is 1. The highest BCUT2D eigenvalue weighted by Gasteiger charge is 2.38. The van der Waals surface area contributed by atoms with E-state index in [4.69, 9.17) is 0 Å². The Labute approximate surface area is 120 Å². The van der Waals surface area contributed by atoms with E-state index >= 15 is 0 Å². The molecule has 0 atom stereocenters. The van der Waals surface area contributed by atoms with E-state index in [9.17, 15) is 22.4 Å². The molecule has 0 aliphatic rings. The number of hydrogen-bond acceptors (Lipinski definition) is 4. The van der Waals surface area contributed by atoms with Crippen molar-refractivity contribution in [3.8, 4) is 0 Å². The van der Waals surface area contributed by atoms with Crippen molar-refractivity contribution in [1.29, 1.82) is 0 Å². The van der Waals surface area contributed by atoms with Gasteiger partial charge in [-0.3, -0.25) is 4.79 Å². The fourth-order valence-electron chi connectivity index (χ4n) is 1.90. The van der Waals surface area contributed by atoms with E-state index in [1.54, 1.807) is 0 Å². The molecule has 0 saturated heterocycles. The van der Waals surface area contributed by atoms with Gasteiger partial charge in [-0.05, 0) is 24.3 Å². The Bertz CT molecular complexity index is 855. The summed E-state index contributed by atoms with van der Waals surface area (Å²) in [5, 5.41) is 3.66. The van der Waals surface area contributed by atoms with Gasteiger partial charge in [0.2, 0.25) is 0 Å². The van der Waals surface area contributed by atoms with Gasteiger partial charge in [0.05, 0.1) is 5.56 Å². The lowest BCUT2D eigenvalue weighted by molar-refractivity contribution is -0.141. The second-order valence-corrected chi connectivity index (χ2v) is 4.34. The fourth-order valence-corrected chi connectivity index (χ4v) is 1.90. The highest BCUT2D eigenvalue weighted by Crippen LogP contribution is 2.31. The van der Waals surface area contributed by atoms with Crippen molar-refractivity contribution >= 4 is 11.6 Å². The number of ketones is 1. The lowest BCUT2D eigenvalue weighted by Crippen LogP contribution is -2.18. The molecule has 0 aliphatic heterocycles. The van der Waals surface area contributed by atoms with Crippen LogP contribution in [0.5, 0.6) is 0 Å². The monoisotopic (exact) mass is 310 g/mol. The van der Waals surface area contributed by atoms with E-state index in [1.807, 2.05) is 0 Å². The van der Waals surface area contributed by atoms with E-state index in [0.717, 1.165) is 41.3 Å². The molecule has 112 valence electrons. The average molecular weight is 310 g/mol. The van der Waals surface area contributed by atoms with Gasteiger partial charge in [-0.2, -0.15) is 23.3 Å². The normalized spacial score (nSPS) is 11.8. The van der Waals surface area contributed by atoms with Crippen LogP contribution in [0, 0.1) is 5.82 Å². The van der Waals surface area contributed by atoms with Gasteiger partial charge in [0.25, 0.3) is 5.78 Å². The number of aromatic nitrogens is 4. The minimum atomic E-state index is -4.83. The fraction of sp³-hybridized carbons (Fsp3) is 0.0769. The zero-order valence-corrected chi connectivity index (χ0v) is 10.7. The molecular formula is C13H6F4N4O. The van der Waals surface area contributed by atoms with Crippen LogP contribution < -0.4 is 0 Å². The van der Waals surface area contributed by atoms with Crippen LogP contribution in [0.1, 0.15) is 21.6 Å². The first-order valence-corrected chi connectivity index (χ1v) is 5.94. The van der Waals surface area contributed by atoms with E-state index in [2.05, 4.69) is 15.1 Å². The summed E-state index contributed by atoms with van der Waals surface area (Å²) < 4.78 is 53.1. The topological polar surface area (TPSA) is 60.2 Å². The van der Waals surface area contributed by atoms with Crippen LogP contribution in [-0.4, -0.2) is 25.4 Å². The number of rotatable bonds is 2. The number of alkyl halides is 3. The third-order valence-electron chi connectivity index (χ3n) is 2.89. The Balaban J connectivity index is 2.19. The molecule has 2 heterocycles. The molecule has 0 amide bonds. The van der Waals surface area contributed by atoms with Crippen molar-refractivity contribution in [2.24, 2.45) is 0 Å². The van der Waals surface area contributed by atoms with Crippen molar-refractivity contribution in [2.75, 3.05) is 0 Å². The Hall–Kier alpha value is -2.84. The highest BCUT2D eigenvalue weighted by atomic mass is 19.4. The van der Waals surface area contributed by atoms with E-state index < -0.39 is 29.0 Å². The molecular weight excluding hydrogens is 304 g/mol. The van der Waals surface area contributed by atoms with Crippen LogP contribution in [0.4, 0.5) is 17.6 Å². The van der Waals surface area contributed by atoms with Gasteiger partial charge in [0.1, 0.15) is 12.1 Å². The van der Waals surface area contributed by atoms with Crippen molar-refractivity contribution < 1.29 is 22.4 Å². The number of fused-ring (bicyclic) bond motifs is 1. The van der Waals surface area contributed by atoms with Gasteiger partial charge in [-0.25, -0.2) is 13.9 Å². The van der Waals surface area contributed by atoms with E-state index in [1.165, 1.54) is 0 Å². The van der Waals surface area contributed by atoms with Gasteiger partial charge in [0.15, 0.2) is 11.5 Å². The summed E-state index contributed by atoms with van der Waals surface area (Å²) in [4.78, 5) is 19.2. The van der Waals surface area contributed by atoms with Gasteiger partial charge in [-0.15, -0.1) is 0 Å². The Kier molecular flexibility index (Phi) is 3.12. The number of nitrogens with zero attached hydrogens (tertiary/aromatic N) is 4. The molecule has 0 unspecified atom stereocenters. The summed E-state index contributed by atoms with van der Waals surface area (Å²) in [6.45, 7) is 0. The predicted octanol–water partition coefficient (Wildman–Crippen LogP) is 2.51.